The molecule has 3 unspecified atom stereocenters. The topological polar surface area (TPSA) is 95.7 Å². The number of carbonyl (C=O) groups excluding carboxylic acids is 2. The Labute approximate surface area is 123 Å². The zero-order valence-electron chi connectivity index (χ0n) is 12.1. The van der Waals surface area contributed by atoms with Crippen LogP contribution >= 0.6 is 0 Å². The zero-order valence-corrected chi connectivity index (χ0v) is 12.1. The summed E-state index contributed by atoms with van der Waals surface area (Å²) in [4.78, 5) is 29.4. The Morgan fingerprint density at radius 1 is 1.38 bits per heavy atom. The molecular formula is C14H21N3O4. The van der Waals surface area contributed by atoms with Crippen molar-refractivity contribution in [3.05, 3.63) is 18.7 Å². The first-order valence-electron chi connectivity index (χ1n) is 7.19. The summed E-state index contributed by atoms with van der Waals surface area (Å²) in [6.45, 7) is 2.40. The van der Waals surface area contributed by atoms with E-state index in [9.17, 15) is 14.7 Å². The molecule has 7 heteroatoms. The smallest absolute Gasteiger partial charge is 0.290 e. The van der Waals surface area contributed by atoms with Crippen molar-refractivity contribution in [2.45, 2.75) is 38.5 Å². The third-order valence-corrected chi connectivity index (χ3v) is 3.98. The second kappa shape index (κ2) is 6.82. The Kier molecular flexibility index (Phi) is 5.08. The summed E-state index contributed by atoms with van der Waals surface area (Å²) in [5.74, 6) is -1.55. The van der Waals surface area contributed by atoms with Crippen molar-refractivity contribution in [3.63, 3.8) is 0 Å². The number of Topliss-reactive ketones (excluding diaryl/α,β-unsaturated/α-hetero) is 1. The molecule has 1 aliphatic heterocycles. The molecule has 0 spiro atoms. The molecule has 1 aliphatic rings. The number of aliphatic hydroxyl groups excluding tert-OH is 2. The lowest BCUT2D eigenvalue weighted by molar-refractivity contribution is -0.141. The Hall–Kier alpha value is -1.73. The molecular weight excluding hydrogens is 274 g/mol. The second-order valence-corrected chi connectivity index (χ2v) is 5.27. The first kappa shape index (κ1) is 15.7. The number of aromatic nitrogens is 2. The van der Waals surface area contributed by atoms with E-state index in [1.54, 1.807) is 12.5 Å². The molecule has 0 aromatic carbocycles. The number of aryl methyl sites for hydroxylation is 1. The zero-order chi connectivity index (χ0) is 15.4. The molecule has 21 heavy (non-hydrogen) atoms. The highest BCUT2D eigenvalue weighted by Crippen LogP contribution is 2.28. The number of hydrogen-bond donors (Lipinski definition) is 2. The minimum atomic E-state index is -1.08. The maximum absolute atomic E-state index is 12.1. The van der Waals surface area contributed by atoms with Gasteiger partial charge >= 0.3 is 0 Å². The van der Waals surface area contributed by atoms with Gasteiger partial charge in [0.05, 0.1) is 31.0 Å². The fourth-order valence-electron chi connectivity index (χ4n) is 2.91. The molecule has 1 saturated heterocycles. The first-order chi connectivity index (χ1) is 10.1. The van der Waals surface area contributed by atoms with Crippen molar-refractivity contribution in [1.82, 2.24) is 14.5 Å². The summed E-state index contributed by atoms with van der Waals surface area (Å²) in [5, 5.41) is 19.1. The average molecular weight is 295 g/mol. The summed E-state index contributed by atoms with van der Waals surface area (Å²) in [5.41, 5.74) is 0. The van der Waals surface area contributed by atoms with E-state index in [1.807, 2.05) is 17.7 Å². The van der Waals surface area contributed by atoms with Crippen LogP contribution in [0.25, 0.3) is 0 Å². The molecule has 1 fully saturated rings. The molecule has 116 valence electrons. The van der Waals surface area contributed by atoms with Crippen LogP contribution < -0.4 is 0 Å². The van der Waals surface area contributed by atoms with Gasteiger partial charge in [-0.05, 0) is 12.8 Å². The van der Waals surface area contributed by atoms with Crippen molar-refractivity contribution in [2.24, 2.45) is 5.92 Å². The van der Waals surface area contributed by atoms with Gasteiger partial charge in [-0.2, -0.15) is 0 Å². The molecule has 0 saturated carbocycles. The quantitative estimate of drug-likeness (QED) is 0.657. The number of amides is 1. The molecule has 0 aliphatic carbocycles. The number of ketones is 1. The van der Waals surface area contributed by atoms with Crippen LogP contribution in [0.5, 0.6) is 0 Å². The Morgan fingerprint density at radius 2 is 2.14 bits per heavy atom. The molecule has 7 nitrogen and oxygen atoms in total. The highest BCUT2D eigenvalue weighted by Gasteiger charge is 2.48. The standard InChI is InChI=1S/C14H21N3O4/c1-2-10-12(11(19)8-18)17(14(21)13(10)20)6-3-5-16-7-4-15-9-16/h4,7,9-12,18-19H,2-3,5-6,8H2,1H3. The van der Waals surface area contributed by atoms with Crippen LogP contribution in [0.2, 0.25) is 0 Å². The van der Waals surface area contributed by atoms with E-state index >= 15 is 0 Å². The fourth-order valence-corrected chi connectivity index (χ4v) is 2.91. The molecule has 0 bridgehead atoms. The third-order valence-electron chi connectivity index (χ3n) is 3.98. The van der Waals surface area contributed by atoms with Crippen LogP contribution in [-0.4, -0.2) is 61.7 Å². The number of aliphatic hydroxyl groups is 2. The maximum Gasteiger partial charge on any atom is 0.290 e. The number of carbonyl (C=O) groups is 2. The van der Waals surface area contributed by atoms with Gasteiger partial charge in [-0.3, -0.25) is 9.59 Å². The van der Waals surface area contributed by atoms with Gasteiger partial charge < -0.3 is 19.7 Å². The summed E-state index contributed by atoms with van der Waals surface area (Å²) in [6.07, 6.45) is 5.23. The van der Waals surface area contributed by atoms with Gasteiger partial charge in [0.15, 0.2) is 0 Å². The number of likely N-dealkylation sites (tertiary alicyclic amines) is 1. The lowest BCUT2D eigenvalue weighted by atomic mass is 9.92. The highest BCUT2D eigenvalue weighted by molar-refractivity contribution is 6.39. The van der Waals surface area contributed by atoms with E-state index in [2.05, 4.69) is 4.98 Å². The predicted octanol–water partition coefficient (Wildman–Crippen LogP) is -0.567. The van der Waals surface area contributed by atoms with Crippen LogP contribution in [-0.2, 0) is 16.1 Å². The predicted molar refractivity (Wildman–Crippen MR) is 74.2 cm³/mol. The SMILES string of the molecule is CCC1C(=O)C(=O)N(CCCn2ccnc2)C1C(O)CO. The number of imidazole rings is 1. The third kappa shape index (κ3) is 3.14. The number of rotatable bonds is 7. The van der Waals surface area contributed by atoms with Gasteiger partial charge in [-0.25, -0.2) is 4.98 Å². The number of nitrogens with zero attached hydrogens (tertiary/aromatic N) is 3. The molecule has 1 aromatic heterocycles. The maximum atomic E-state index is 12.1. The van der Waals surface area contributed by atoms with E-state index < -0.39 is 36.4 Å². The van der Waals surface area contributed by atoms with Crippen molar-refractivity contribution in [2.75, 3.05) is 13.2 Å². The van der Waals surface area contributed by atoms with Crippen molar-refractivity contribution < 1.29 is 19.8 Å². The monoisotopic (exact) mass is 295 g/mol. The molecule has 0 radical (unpaired) electrons. The summed E-state index contributed by atoms with van der Waals surface area (Å²) >= 11 is 0. The van der Waals surface area contributed by atoms with Gasteiger partial charge in [-0.1, -0.05) is 6.92 Å². The summed E-state index contributed by atoms with van der Waals surface area (Å²) in [6, 6.07) is -0.622. The van der Waals surface area contributed by atoms with E-state index in [4.69, 9.17) is 5.11 Å². The average Bonchev–Trinajstić information content (AvgIpc) is 3.08. The molecule has 1 amide bonds. The fraction of sp³-hybridized carbons (Fsp3) is 0.643. The van der Waals surface area contributed by atoms with E-state index in [-0.39, 0.29) is 0 Å². The Bertz CT molecular complexity index is 488. The molecule has 2 heterocycles. The lowest BCUT2D eigenvalue weighted by Gasteiger charge is -2.30. The largest absolute Gasteiger partial charge is 0.394 e. The van der Waals surface area contributed by atoms with Gasteiger partial charge in [0.2, 0.25) is 5.78 Å². The van der Waals surface area contributed by atoms with Crippen LogP contribution in [0, 0.1) is 5.92 Å². The second-order valence-electron chi connectivity index (χ2n) is 5.27. The Morgan fingerprint density at radius 3 is 2.71 bits per heavy atom. The van der Waals surface area contributed by atoms with Gasteiger partial charge in [0.1, 0.15) is 0 Å². The Balaban J connectivity index is 2.03. The highest BCUT2D eigenvalue weighted by atomic mass is 16.3. The molecule has 2 N–H and O–H groups in total. The first-order valence-corrected chi connectivity index (χ1v) is 7.19. The molecule has 2 rings (SSSR count). The van der Waals surface area contributed by atoms with E-state index in [1.165, 1.54) is 4.90 Å². The molecule has 3 atom stereocenters. The minimum absolute atomic E-state index is 0.376. The minimum Gasteiger partial charge on any atom is -0.394 e. The van der Waals surface area contributed by atoms with Gasteiger partial charge in [-0.15, -0.1) is 0 Å². The number of hydrogen-bond acceptors (Lipinski definition) is 5. The van der Waals surface area contributed by atoms with Crippen LogP contribution in [0.15, 0.2) is 18.7 Å². The van der Waals surface area contributed by atoms with E-state index in [0.717, 1.165) is 0 Å². The van der Waals surface area contributed by atoms with Crippen LogP contribution in [0.1, 0.15) is 19.8 Å². The van der Waals surface area contributed by atoms with Crippen LogP contribution in [0.4, 0.5) is 0 Å². The van der Waals surface area contributed by atoms with Gasteiger partial charge in [0, 0.05) is 25.5 Å². The van der Waals surface area contributed by atoms with Crippen molar-refractivity contribution >= 4 is 11.7 Å². The van der Waals surface area contributed by atoms with Crippen molar-refractivity contribution in [1.29, 1.82) is 0 Å². The van der Waals surface area contributed by atoms with Crippen molar-refractivity contribution in [3.8, 4) is 0 Å². The summed E-state index contributed by atoms with van der Waals surface area (Å²) < 4.78 is 1.89. The molecule has 1 aromatic rings. The lowest BCUT2D eigenvalue weighted by Crippen LogP contribution is -2.46. The van der Waals surface area contributed by atoms with Gasteiger partial charge in [0.25, 0.3) is 5.91 Å². The summed E-state index contributed by atoms with van der Waals surface area (Å²) in [7, 11) is 0. The van der Waals surface area contributed by atoms with E-state index in [0.29, 0.717) is 25.9 Å². The normalized spacial score (nSPS) is 23.9. The van der Waals surface area contributed by atoms with Crippen LogP contribution in [0.3, 0.4) is 0 Å².